The van der Waals surface area contributed by atoms with Gasteiger partial charge in [-0.2, -0.15) is 0 Å². The van der Waals surface area contributed by atoms with Gasteiger partial charge in [-0.1, -0.05) is 23.8 Å². The summed E-state index contributed by atoms with van der Waals surface area (Å²) in [6.07, 6.45) is 6.18. The van der Waals surface area contributed by atoms with Crippen molar-refractivity contribution in [3.63, 3.8) is 0 Å². The van der Waals surface area contributed by atoms with Crippen LogP contribution in [0.5, 0.6) is 0 Å². The molecule has 2 amide bonds. The van der Waals surface area contributed by atoms with Crippen LogP contribution < -0.4 is 10.6 Å². The molecule has 5 heteroatoms. The van der Waals surface area contributed by atoms with Gasteiger partial charge in [-0.05, 0) is 49.6 Å². The predicted molar refractivity (Wildman–Crippen MR) is 99.1 cm³/mol. The zero-order valence-electron chi connectivity index (χ0n) is 15.0. The smallest absolute Gasteiger partial charge is 0.252 e. The van der Waals surface area contributed by atoms with Crippen molar-refractivity contribution in [1.29, 1.82) is 0 Å². The van der Waals surface area contributed by atoms with E-state index >= 15 is 0 Å². The molecule has 1 atom stereocenters. The molecule has 1 heterocycles. The number of hydrogen-bond donors (Lipinski definition) is 2. The molecular weight excluding hydrogens is 314 g/mol. The molecule has 1 aromatic heterocycles. The Hall–Kier alpha value is -2.95. The van der Waals surface area contributed by atoms with Gasteiger partial charge in [0.1, 0.15) is 0 Å². The highest BCUT2D eigenvalue weighted by Crippen LogP contribution is 2.18. The van der Waals surface area contributed by atoms with Crippen LogP contribution in [0.3, 0.4) is 0 Å². The lowest BCUT2D eigenvalue weighted by molar-refractivity contribution is -0.117. The van der Waals surface area contributed by atoms with Gasteiger partial charge >= 0.3 is 0 Å². The number of pyridine rings is 1. The first kappa shape index (κ1) is 18.4. The van der Waals surface area contributed by atoms with Gasteiger partial charge in [0.05, 0.1) is 11.6 Å². The highest BCUT2D eigenvalue weighted by atomic mass is 16.2. The van der Waals surface area contributed by atoms with E-state index in [1.54, 1.807) is 25.4 Å². The molecule has 0 unspecified atom stereocenters. The van der Waals surface area contributed by atoms with E-state index in [9.17, 15) is 9.59 Å². The minimum Gasteiger partial charge on any atom is -0.355 e. The molecule has 2 rings (SSSR count). The third-order valence-corrected chi connectivity index (χ3v) is 3.94. The Bertz CT molecular complexity index is 812. The number of nitrogens with zero attached hydrogens (tertiary/aromatic N) is 1. The summed E-state index contributed by atoms with van der Waals surface area (Å²) in [7, 11) is 1.56. The zero-order chi connectivity index (χ0) is 18.4. The van der Waals surface area contributed by atoms with Crippen molar-refractivity contribution in [3.8, 4) is 0 Å². The maximum atomic E-state index is 12.2. The van der Waals surface area contributed by atoms with E-state index in [-0.39, 0.29) is 17.9 Å². The van der Waals surface area contributed by atoms with Gasteiger partial charge in [0.25, 0.3) is 5.91 Å². The normalized spacial score (nSPS) is 12.0. The van der Waals surface area contributed by atoms with Crippen LogP contribution >= 0.6 is 0 Å². The van der Waals surface area contributed by atoms with Crippen molar-refractivity contribution in [2.75, 3.05) is 7.05 Å². The largest absolute Gasteiger partial charge is 0.355 e. The molecule has 0 spiro atoms. The van der Waals surface area contributed by atoms with Crippen molar-refractivity contribution in [1.82, 2.24) is 15.6 Å². The van der Waals surface area contributed by atoms with E-state index in [0.717, 1.165) is 16.7 Å². The number of amides is 2. The molecule has 2 N–H and O–H groups in total. The number of aryl methyl sites for hydroxylation is 2. The van der Waals surface area contributed by atoms with Crippen LogP contribution in [0.1, 0.15) is 45.6 Å². The van der Waals surface area contributed by atoms with Crippen LogP contribution in [0.2, 0.25) is 0 Å². The number of nitrogens with one attached hydrogen (secondary N) is 2. The van der Waals surface area contributed by atoms with Crippen molar-refractivity contribution in [2.24, 2.45) is 0 Å². The molecule has 0 aliphatic heterocycles. The van der Waals surface area contributed by atoms with E-state index < -0.39 is 0 Å². The Morgan fingerprint density at radius 1 is 1.16 bits per heavy atom. The molecule has 130 valence electrons. The summed E-state index contributed by atoms with van der Waals surface area (Å²) in [6, 6.07) is 7.79. The van der Waals surface area contributed by atoms with E-state index in [1.807, 2.05) is 20.8 Å². The fraction of sp³-hybridized carbons (Fsp3) is 0.250. The fourth-order valence-electron chi connectivity index (χ4n) is 2.55. The lowest BCUT2D eigenvalue weighted by Gasteiger charge is -2.16. The van der Waals surface area contributed by atoms with E-state index in [4.69, 9.17) is 0 Å². The maximum absolute atomic E-state index is 12.2. The highest BCUT2D eigenvalue weighted by Gasteiger charge is 2.10. The summed E-state index contributed by atoms with van der Waals surface area (Å²) in [5, 5.41) is 5.50. The molecule has 0 fully saturated rings. The third kappa shape index (κ3) is 5.01. The highest BCUT2D eigenvalue weighted by molar-refractivity contribution is 5.95. The van der Waals surface area contributed by atoms with Crippen LogP contribution in [-0.4, -0.2) is 23.8 Å². The van der Waals surface area contributed by atoms with Gasteiger partial charge in [0.15, 0.2) is 0 Å². The molecule has 0 aliphatic carbocycles. The Balaban J connectivity index is 2.05. The first-order valence-corrected chi connectivity index (χ1v) is 8.13. The molecule has 0 saturated heterocycles. The van der Waals surface area contributed by atoms with E-state index in [2.05, 4.69) is 33.8 Å². The lowest BCUT2D eigenvalue weighted by Crippen LogP contribution is -2.25. The molecular formula is C20H23N3O2. The lowest BCUT2D eigenvalue weighted by atomic mass is 10.00. The number of carbonyl (C=O) groups is 2. The average molecular weight is 337 g/mol. The maximum Gasteiger partial charge on any atom is 0.252 e. The second kappa shape index (κ2) is 8.24. The molecule has 1 aromatic carbocycles. The number of hydrogen-bond acceptors (Lipinski definition) is 3. The Morgan fingerprint density at radius 2 is 1.92 bits per heavy atom. The molecule has 25 heavy (non-hydrogen) atoms. The monoisotopic (exact) mass is 337 g/mol. The van der Waals surface area contributed by atoms with E-state index in [1.165, 1.54) is 12.3 Å². The Kier molecular flexibility index (Phi) is 6.06. The third-order valence-electron chi connectivity index (χ3n) is 3.94. The van der Waals surface area contributed by atoms with Crippen LogP contribution in [0.15, 0.2) is 42.7 Å². The Morgan fingerprint density at radius 3 is 2.64 bits per heavy atom. The summed E-state index contributed by atoms with van der Waals surface area (Å²) in [5.74, 6) is -0.408. The molecule has 5 nitrogen and oxygen atoms in total. The van der Waals surface area contributed by atoms with Gasteiger partial charge in [-0.3, -0.25) is 14.6 Å². The standard InChI is InChI=1S/C20H23N3O2/c1-13-5-6-14(2)18(9-13)15(3)23-19(24)8-7-16-10-17(12-22-11-16)20(25)21-4/h5-12,15H,1-4H3,(H,21,25)(H,23,24)/b8-7+/t15-/m0/s1. The summed E-state index contributed by atoms with van der Waals surface area (Å²) >= 11 is 0. The van der Waals surface area contributed by atoms with Crippen LogP contribution in [-0.2, 0) is 4.79 Å². The molecule has 0 saturated carbocycles. The minimum absolute atomic E-state index is 0.0904. The van der Waals surface area contributed by atoms with E-state index in [0.29, 0.717) is 11.1 Å². The van der Waals surface area contributed by atoms with Crippen molar-refractivity contribution >= 4 is 17.9 Å². The number of rotatable bonds is 5. The molecule has 0 radical (unpaired) electrons. The van der Waals surface area contributed by atoms with Gasteiger partial charge in [-0.15, -0.1) is 0 Å². The average Bonchev–Trinajstić information content (AvgIpc) is 2.61. The number of benzene rings is 1. The predicted octanol–water partition coefficient (Wildman–Crippen LogP) is 2.95. The van der Waals surface area contributed by atoms with Crippen LogP contribution in [0.4, 0.5) is 0 Å². The minimum atomic E-state index is -0.212. The van der Waals surface area contributed by atoms with Gasteiger partial charge in [0.2, 0.25) is 5.91 Å². The molecule has 0 aliphatic rings. The van der Waals surface area contributed by atoms with Gasteiger partial charge < -0.3 is 10.6 Å². The summed E-state index contributed by atoms with van der Waals surface area (Å²) in [4.78, 5) is 27.8. The topological polar surface area (TPSA) is 71.1 Å². The second-order valence-electron chi connectivity index (χ2n) is 6.01. The summed E-state index contributed by atoms with van der Waals surface area (Å²) < 4.78 is 0. The number of carbonyl (C=O) groups excluding carboxylic acids is 2. The van der Waals surface area contributed by atoms with Crippen LogP contribution in [0, 0.1) is 13.8 Å². The zero-order valence-corrected chi connectivity index (χ0v) is 15.0. The van der Waals surface area contributed by atoms with Crippen LogP contribution in [0.25, 0.3) is 6.08 Å². The molecule has 2 aromatic rings. The summed E-state index contributed by atoms with van der Waals surface area (Å²) in [5.41, 5.74) is 4.55. The quantitative estimate of drug-likeness (QED) is 0.824. The van der Waals surface area contributed by atoms with Gasteiger partial charge in [-0.25, -0.2) is 0 Å². The van der Waals surface area contributed by atoms with Crippen molar-refractivity contribution in [3.05, 3.63) is 70.6 Å². The first-order chi connectivity index (χ1) is 11.9. The first-order valence-electron chi connectivity index (χ1n) is 8.13. The van der Waals surface area contributed by atoms with Crippen molar-refractivity contribution < 1.29 is 9.59 Å². The number of aromatic nitrogens is 1. The van der Waals surface area contributed by atoms with Crippen molar-refractivity contribution in [2.45, 2.75) is 26.8 Å². The summed E-state index contributed by atoms with van der Waals surface area (Å²) in [6.45, 7) is 6.02. The Labute approximate surface area is 148 Å². The second-order valence-corrected chi connectivity index (χ2v) is 6.01. The fourth-order valence-corrected chi connectivity index (χ4v) is 2.55. The van der Waals surface area contributed by atoms with Gasteiger partial charge in [0, 0.05) is 25.5 Å². The molecule has 0 bridgehead atoms. The SMILES string of the molecule is CNC(=O)c1cncc(/C=C/C(=O)N[C@@H](C)c2cc(C)ccc2C)c1.